The van der Waals surface area contributed by atoms with Gasteiger partial charge in [-0.05, 0) is 105 Å². The number of benzene rings is 2. The molecule has 4 aliphatic rings. The lowest BCUT2D eigenvalue weighted by atomic mass is 9.48. The highest BCUT2D eigenvalue weighted by atomic mass is 32.2. The van der Waals surface area contributed by atoms with E-state index in [0.29, 0.717) is 18.7 Å². The number of aryl methyl sites for hydroxylation is 1. The Bertz CT molecular complexity index is 1340. The zero-order chi connectivity index (χ0) is 29.4. The Labute approximate surface area is 245 Å². The van der Waals surface area contributed by atoms with Crippen LogP contribution in [0.2, 0.25) is 0 Å². The number of nitrogens with zero attached hydrogens (tertiary/aromatic N) is 2. The molecule has 1 N–H and O–H groups in total. The first-order valence-corrected chi connectivity index (χ1v) is 17.1. The summed E-state index contributed by atoms with van der Waals surface area (Å²) in [6.07, 6.45) is 9.37. The number of hydrogen-bond acceptors (Lipinski definition) is 4. The SMILES string of the molecule is CCNC(=O)[C@H](CC)N(Cc1cccc(C)c1)C(=O)CN(c1ccc(C23CC4CC(CC(C4)C2)C3)cc1)S(C)(=O)=O. The van der Waals surface area contributed by atoms with Gasteiger partial charge in [0, 0.05) is 13.1 Å². The molecule has 4 aliphatic carbocycles. The van der Waals surface area contributed by atoms with E-state index >= 15 is 0 Å². The molecule has 2 aromatic rings. The molecule has 0 aromatic heterocycles. The van der Waals surface area contributed by atoms with Crippen molar-refractivity contribution in [2.24, 2.45) is 17.8 Å². The average Bonchev–Trinajstić information content (AvgIpc) is 2.90. The van der Waals surface area contributed by atoms with E-state index in [1.165, 1.54) is 53.3 Å². The van der Waals surface area contributed by atoms with Crippen LogP contribution in [0.25, 0.3) is 0 Å². The molecule has 0 heterocycles. The quantitative estimate of drug-likeness (QED) is 0.398. The third-order valence-corrected chi connectivity index (χ3v) is 10.8. The van der Waals surface area contributed by atoms with Crippen LogP contribution in [0.3, 0.4) is 0 Å². The maximum atomic E-state index is 13.9. The molecule has 0 spiro atoms. The molecule has 0 unspecified atom stereocenters. The highest BCUT2D eigenvalue weighted by molar-refractivity contribution is 7.92. The molecule has 41 heavy (non-hydrogen) atoms. The van der Waals surface area contributed by atoms with Gasteiger partial charge in [-0.1, -0.05) is 48.9 Å². The number of carbonyl (C=O) groups excluding carboxylic acids is 2. The van der Waals surface area contributed by atoms with Gasteiger partial charge in [-0.25, -0.2) is 8.42 Å². The van der Waals surface area contributed by atoms with E-state index in [1.807, 2.05) is 57.2 Å². The van der Waals surface area contributed by atoms with Crippen LogP contribution in [-0.2, 0) is 31.6 Å². The van der Waals surface area contributed by atoms with E-state index < -0.39 is 22.0 Å². The number of anilines is 1. The summed E-state index contributed by atoms with van der Waals surface area (Å²) in [5, 5.41) is 2.84. The molecule has 6 rings (SSSR count). The number of rotatable bonds is 11. The molecule has 0 saturated heterocycles. The zero-order valence-electron chi connectivity index (χ0n) is 24.9. The lowest BCUT2D eigenvalue weighted by molar-refractivity contribution is -0.140. The van der Waals surface area contributed by atoms with Crippen LogP contribution in [0.4, 0.5) is 5.69 Å². The van der Waals surface area contributed by atoms with Crippen LogP contribution in [0.15, 0.2) is 48.5 Å². The Morgan fingerprint density at radius 3 is 2.10 bits per heavy atom. The summed E-state index contributed by atoms with van der Waals surface area (Å²) in [5.41, 5.74) is 3.95. The van der Waals surface area contributed by atoms with Crippen molar-refractivity contribution >= 4 is 27.5 Å². The molecule has 4 fully saturated rings. The lowest BCUT2D eigenvalue weighted by Crippen LogP contribution is -2.52. The third-order valence-electron chi connectivity index (χ3n) is 9.66. The van der Waals surface area contributed by atoms with E-state index in [4.69, 9.17) is 0 Å². The van der Waals surface area contributed by atoms with E-state index in [9.17, 15) is 18.0 Å². The van der Waals surface area contributed by atoms with Crippen molar-refractivity contribution in [2.45, 2.75) is 83.7 Å². The number of likely N-dealkylation sites (N-methyl/N-ethyl adjacent to an activating group) is 1. The summed E-state index contributed by atoms with van der Waals surface area (Å²) in [6, 6.07) is 15.0. The summed E-state index contributed by atoms with van der Waals surface area (Å²) in [4.78, 5) is 28.4. The van der Waals surface area contributed by atoms with Crippen LogP contribution in [0.5, 0.6) is 0 Å². The van der Waals surface area contributed by atoms with Crippen molar-refractivity contribution in [3.8, 4) is 0 Å². The molecule has 222 valence electrons. The van der Waals surface area contributed by atoms with Crippen LogP contribution in [-0.4, -0.2) is 50.5 Å². The minimum absolute atomic E-state index is 0.213. The molecular weight excluding hydrogens is 534 g/mol. The molecule has 1 atom stereocenters. The molecule has 4 saturated carbocycles. The molecular formula is C33H45N3O4S. The Hall–Kier alpha value is -2.87. The first-order chi connectivity index (χ1) is 19.5. The monoisotopic (exact) mass is 579 g/mol. The van der Waals surface area contributed by atoms with Crippen molar-refractivity contribution in [3.63, 3.8) is 0 Å². The Morgan fingerprint density at radius 1 is 0.976 bits per heavy atom. The number of amides is 2. The van der Waals surface area contributed by atoms with Gasteiger partial charge in [0.2, 0.25) is 21.8 Å². The van der Waals surface area contributed by atoms with Crippen molar-refractivity contribution in [2.75, 3.05) is 23.7 Å². The van der Waals surface area contributed by atoms with E-state index in [0.717, 1.165) is 35.1 Å². The molecule has 8 heteroatoms. The first kappa shape index (κ1) is 29.6. The largest absolute Gasteiger partial charge is 0.355 e. The van der Waals surface area contributed by atoms with E-state index in [-0.39, 0.29) is 24.4 Å². The maximum absolute atomic E-state index is 13.9. The fourth-order valence-electron chi connectivity index (χ4n) is 8.28. The molecule has 0 radical (unpaired) electrons. The summed E-state index contributed by atoms with van der Waals surface area (Å²) in [6.45, 7) is 6.00. The highest BCUT2D eigenvalue weighted by Crippen LogP contribution is 2.60. The number of sulfonamides is 1. The number of nitrogens with one attached hydrogen (secondary N) is 1. The van der Waals surface area contributed by atoms with Gasteiger partial charge in [-0.15, -0.1) is 0 Å². The smallest absolute Gasteiger partial charge is 0.244 e. The van der Waals surface area contributed by atoms with E-state index in [1.54, 1.807) is 0 Å². The van der Waals surface area contributed by atoms with Crippen LogP contribution in [0.1, 0.15) is 75.5 Å². The van der Waals surface area contributed by atoms with Gasteiger partial charge >= 0.3 is 0 Å². The molecule has 0 aliphatic heterocycles. The maximum Gasteiger partial charge on any atom is 0.244 e. The molecule has 2 aromatic carbocycles. The highest BCUT2D eigenvalue weighted by Gasteiger charge is 2.51. The summed E-state index contributed by atoms with van der Waals surface area (Å²) < 4.78 is 27.3. The van der Waals surface area contributed by atoms with Gasteiger partial charge in [0.15, 0.2) is 0 Å². The molecule has 4 bridgehead atoms. The fraction of sp³-hybridized carbons (Fsp3) is 0.576. The first-order valence-electron chi connectivity index (χ1n) is 15.2. The molecule has 7 nitrogen and oxygen atoms in total. The molecule has 2 amide bonds. The number of hydrogen-bond donors (Lipinski definition) is 1. The summed E-state index contributed by atoms with van der Waals surface area (Å²) >= 11 is 0. The second-order valence-corrected chi connectivity index (χ2v) is 14.8. The van der Waals surface area contributed by atoms with Crippen LogP contribution in [0, 0.1) is 24.7 Å². The van der Waals surface area contributed by atoms with Gasteiger partial charge in [-0.2, -0.15) is 0 Å². The average molecular weight is 580 g/mol. The predicted molar refractivity (Wildman–Crippen MR) is 163 cm³/mol. The predicted octanol–water partition coefficient (Wildman–Crippen LogP) is 5.17. The summed E-state index contributed by atoms with van der Waals surface area (Å²) in [5.74, 6) is 1.83. The fourth-order valence-corrected chi connectivity index (χ4v) is 9.13. The Balaban J connectivity index is 1.40. The van der Waals surface area contributed by atoms with Crippen molar-refractivity contribution in [1.29, 1.82) is 0 Å². The van der Waals surface area contributed by atoms with Gasteiger partial charge in [0.1, 0.15) is 12.6 Å². The van der Waals surface area contributed by atoms with Gasteiger partial charge in [-0.3, -0.25) is 13.9 Å². The van der Waals surface area contributed by atoms with Crippen molar-refractivity contribution in [1.82, 2.24) is 10.2 Å². The minimum Gasteiger partial charge on any atom is -0.355 e. The van der Waals surface area contributed by atoms with Crippen molar-refractivity contribution < 1.29 is 18.0 Å². The number of carbonyl (C=O) groups is 2. The normalized spacial score (nSPS) is 25.5. The second kappa shape index (κ2) is 11.8. The van der Waals surface area contributed by atoms with Crippen LogP contribution >= 0.6 is 0 Å². The van der Waals surface area contributed by atoms with Gasteiger partial charge in [0.25, 0.3) is 0 Å². The minimum atomic E-state index is -3.76. The summed E-state index contributed by atoms with van der Waals surface area (Å²) in [7, 11) is -3.76. The van der Waals surface area contributed by atoms with Gasteiger partial charge < -0.3 is 10.2 Å². The zero-order valence-corrected chi connectivity index (χ0v) is 25.8. The second-order valence-electron chi connectivity index (χ2n) is 12.8. The van der Waals surface area contributed by atoms with Gasteiger partial charge in [0.05, 0.1) is 11.9 Å². The third kappa shape index (κ3) is 6.32. The standard InChI is InChI=1S/C33H45N3O4S/c1-5-30(32(38)34-6-2)35(21-24-9-7-8-23(3)14-24)31(37)22-36(41(4,39)40)29-12-10-28(11-13-29)33-18-25-15-26(19-33)17-27(16-25)20-33/h7-14,25-27,30H,5-6,15-22H2,1-4H3,(H,34,38)/t25?,26?,27?,30-,33?/m0/s1. The lowest BCUT2D eigenvalue weighted by Gasteiger charge is -2.57. The topological polar surface area (TPSA) is 86.8 Å². The van der Waals surface area contributed by atoms with E-state index in [2.05, 4.69) is 17.4 Å². The van der Waals surface area contributed by atoms with Crippen molar-refractivity contribution in [3.05, 3.63) is 65.2 Å². The Kier molecular flexibility index (Phi) is 8.51. The van der Waals surface area contributed by atoms with Crippen LogP contribution < -0.4 is 9.62 Å². The Morgan fingerprint density at radius 2 is 1.59 bits per heavy atom.